The summed E-state index contributed by atoms with van der Waals surface area (Å²) >= 11 is 1.90. The number of rotatable bonds is 48. The number of hydrogen-bond donors (Lipinski definition) is 5. The number of thioether (sulfide) groups is 1. The first kappa shape index (κ1) is 63.7. The van der Waals surface area contributed by atoms with Crippen LogP contribution in [0.5, 0.6) is 0 Å². The largest absolute Gasteiger partial charge is 0.377 e. The molecule has 6 rings (SSSR count). The monoisotopic (exact) mass is 1120 g/mol. The van der Waals surface area contributed by atoms with E-state index in [2.05, 4.69) is 75.1 Å². The Labute approximate surface area is 468 Å². The molecule has 4 fully saturated rings. The number of hydrogen-bond acceptors (Lipinski definition) is 16. The average molecular weight is 1120 g/mol. The summed E-state index contributed by atoms with van der Waals surface area (Å²) in [6.45, 7) is 11.3. The van der Waals surface area contributed by atoms with Gasteiger partial charge in [-0.25, -0.2) is 4.79 Å². The maximum atomic E-state index is 12.5. The Morgan fingerprint density at radius 1 is 0.538 bits per heavy atom. The van der Waals surface area contributed by atoms with Crippen LogP contribution in [0.3, 0.4) is 0 Å². The molecule has 0 radical (unpaired) electrons. The Morgan fingerprint density at radius 2 is 1.03 bits per heavy atom. The van der Waals surface area contributed by atoms with Crippen LogP contribution in [0.1, 0.15) is 87.7 Å². The number of fused-ring (bicyclic) bond motifs is 1. The van der Waals surface area contributed by atoms with Gasteiger partial charge in [0.2, 0.25) is 11.8 Å². The van der Waals surface area contributed by atoms with E-state index in [0.717, 1.165) is 30.6 Å². The minimum Gasteiger partial charge on any atom is -0.377 e. The topological polar surface area (TPSA) is 213 Å². The highest BCUT2D eigenvalue weighted by Gasteiger charge is 2.42. The van der Waals surface area contributed by atoms with E-state index in [1.54, 1.807) is 0 Å². The third-order valence-electron chi connectivity index (χ3n) is 14.0. The molecule has 78 heavy (non-hydrogen) atoms. The molecule has 2 heterocycles. The fourth-order valence-electron chi connectivity index (χ4n) is 9.68. The lowest BCUT2D eigenvalue weighted by Crippen LogP contribution is -2.36. The SMILES string of the molecule is O=C(CCCC[C@@H]1SC[C@@H]2NC(=O)N[C@@H]21)NCCOCCOCCOCCOCCOCCOCCOCCOCCOCCOCCOCCNC(=O)CCc1cccc(-c2ccc([C@@H]3C[C@H]3NC3CCCCC3)cc2)c1. The Kier molecular flexibility index (Phi) is 33.2. The number of carbonyl (C=O) groups is 3. The number of amides is 4. The lowest BCUT2D eigenvalue weighted by atomic mass is 9.95. The number of ether oxygens (including phenoxy) is 11. The summed E-state index contributed by atoms with van der Waals surface area (Å²) in [6, 6.07) is 19.4. The van der Waals surface area contributed by atoms with Crippen LogP contribution < -0.4 is 26.6 Å². The van der Waals surface area contributed by atoms with Crippen molar-refractivity contribution in [1.82, 2.24) is 26.6 Å². The third-order valence-corrected chi connectivity index (χ3v) is 15.5. The first-order valence-corrected chi connectivity index (χ1v) is 30.1. The standard InChI is InChI=1S/C58H93N5O14S/c64-55(12-5-4-11-54-57-53(45-78-54)62-58(66)63-57)59-19-21-67-23-25-69-27-29-71-31-33-73-35-37-75-39-41-77-42-40-76-38-36-74-34-32-72-30-28-70-26-24-68-22-20-60-56(65)18-13-46-7-6-8-49(43-46)47-14-16-48(17-15-47)51-44-52(51)61-50-9-2-1-3-10-50/h6-8,14-17,43,50-54,57,61H,1-5,9-13,18-42,44-45H2,(H,59,64)(H,60,65)(H2,62,63,66)/t51-,52+,53-,54-,57-/m0/s1. The van der Waals surface area contributed by atoms with Gasteiger partial charge in [-0.1, -0.05) is 74.2 Å². The molecule has 440 valence electrons. The molecule has 2 saturated carbocycles. The maximum Gasteiger partial charge on any atom is 0.315 e. The summed E-state index contributed by atoms with van der Waals surface area (Å²) in [6.07, 6.45) is 12.5. The van der Waals surface area contributed by atoms with Crippen molar-refractivity contribution >= 4 is 29.6 Å². The van der Waals surface area contributed by atoms with Crippen LogP contribution in [0.15, 0.2) is 48.5 Å². The van der Waals surface area contributed by atoms with Crippen molar-refractivity contribution in [2.75, 3.05) is 164 Å². The van der Waals surface area contributed by atoms with E-state index < -0.39 is 0 Å². The van der Waals surface area contributed by atoms with Gasteiger partial charge in [0.1, 0.15) is 0 Å². The van der Waals surface area contributed by atoms with Gasteiger partial charge in [-0.2, -0.15) is 11.8 Å². The van der Waals surface area contributed by atoms with Crippen molar-refractivity contribution in [1.29, 1.82) is 0 Å². The predicted octanol–water partition coefficient (Wildman–Crippen LogP) is 5.21. The van der Waals surface area contributed by atoms with E-state index in [1.807, 2.05) is 11.8 Å². The van der Waals surface area contributed by atoms with E-state index >= 15 is 0 Å². The maximum absolute atomic E-state index is 12.5. The number of aryl methyl sites for hydroxylation is 1. The molecule has 2 aromatic rings. The highest BCUT2D eigenvalue weighted by Crippen LogP contribution is 2.42. The van der Waals surface area contributed by atoms with Crippen LogP contribution in [0.25, 0.3) is 11.1 Å². The Bertz CT molecular complexity index is 1900. The zero-order chi connectivity index (χ0) is 54.3. The Balaban J connectivity index is 0.579. The van der Waals surface area contributed by atoms with Crippen molar-refractivity contribution in [3.05, 3.63) is 59.7 Å². The van der Waals surface area contributed by atoms with E-state index in [9.17, 15) is 14.4 Å². The fourth-order valence-corrected chi connectivity index (χ4v) is 11.2. The molecular weight excluding hydrogens is 1020 g/mol. The van der Waals surface area contributed by atoms with Crippen LogP contribution in [0.2, 0.25) is 0 Å². The van der Waals surface area contributed by atoms with Crippen molar-refractivity contribution in [3.63, 3.8) is 0 Å². The van der Waals surface area contributed by atoms with E-state index in [4.69, 9.17) is 52.1 Å². The summed E-state index contributed by atoms with van der Waals surface area (Å²) < 4.78 is 61.0. The fraction of sp³-hybridized carbons (Fsp3) is 0.741. The van der Waals surface area contributed by atoms with Crippen LogP contribution in [-0.2, 0) is 68.1 Å². The van der Waals surface area contributed by atoms with Crippen LogP contribution in [0, 0.1) is 0 Å². The molecule has 0 bridgehead atoms. The molecular formula is C58H93N5O14S. The first-order chi connectivity index (χ1) is 38.5. The van der Waals surface area contributed by atoms with Crippen molar-refractivity contribution < 1.29 is 66.5 Å². The molecule has 2 saturated heterocycles. The average Bonchev–Trinajstić information content (AvgIpc) is 3.98. The summed E-state index contributed by atoms with van der Waals surface area (Å²) in [5.41, 5.74) is 5.00. The number of carbonyl (C=O) groups excluding carboxylic acids is 3. The van der Waals surface area contributed by atoms with Crippen LogP contribution in [0.4, 0.5) is 4.79 Å². The highest BCUT2D eigenvalue weighted by atomic mass is 32.2. The Hall–Kier alpha value is -3.48. The van der Waals surface area contributed by atoms with Gasteiger partial charge in [0.05, 0.1) is 157 Å². The summed E-state index contributed by atoms with van der Waals surface area (Å²) in [4.78, 5) is 36.1. The zero-order valence-corrected chi connectivity index (χ0v) is 47.2. The third kappa shape index (κ3) is 27.8. The van der Waals surface area contributed by atoms with Crippen molar-refractivity contribution in [2.24, 2.45) is 0 Å². The lowest BCUT2D eigenvalue weighted by Gasteiger charge is -2.23. The molecule has 0 spiro atoms. The highest BCUT2D eigenvalue weighted by molar-refractivity contribution is 8.00. The van der Waals surface area contributed by atoms with Gasteiger partial charge in [0.15, 0.2) is 0 Å². The number of nitrogens with one attached hydrogen (secondary N) is 5. The molecule has 0 unspecified atom stereocenters. The van der Waals surface area contributed by atoms with Gasteiger partial charge in [0, 0.05) is 54.9 Å². The summed E-state index contributed by atoms with van der Waals surface area (Å²) in [7, 11) is 0. The molecule has 5 N–H and O–H groups in total. The van der Waals surface area contributed by atoms with Crippen LogP contribution >= 0.6 is 11.8 Å². The molecule has 5 atom stereocenters. The molecule has 4 amide bonds. The first-order valence-electron chi connectivity index (χ1n) is 29.0. The Morgan fingerprint density at radius 3 is 1.54 bits per heavy atom. The quantitative estimate of drug-likeness (QED) is 0.0426. The lowest BCUT2D eigenvalue weighted by molar-refractivity contribution is -0.122. The summed E-state index contributed by atoms with van der Waals surface area (Å²) in [5, 5.41) is 16.2. The minimum absolute atomic E-state index is 0.0228. The number of urea groups is 1. The van der Waals surface area contributed by atoms with Gasteiger partial charge in [-0.05, 0) is 60.8 Å². The normalized spacial score (nSPS) is 19.9. The van der Waals surface area contributed by atoms with Crippen molar-refractivity contribution in [3.8, 4) is 11.1 Å². The van der Waals surface area contributed by atoms with E-state index in [-0.39, 0.29) is 29.9 Å². The van der Waals surface area contributed by atoms with Gasteiger partial charge < -0.3 is 78.7 Å². The van der Waals surface area contributed by atoms with Crippen molar-refractivity contribution in [2.45, 2.75) is 112 Å². The molecule has 0 aromatic heterocycles. The minimum atomic E-state index is -0.0627. The van der Waals surface area contributed by atoms with Gasteiger partial charge in [0.25, 0.3) is 0 Å². The second-order valence-corrected chi connectivity index (χ2v) is 21.3. The van der Waals surface area contributed by atoms with Gasteiger partial charge in [-0.15, -0.1) is 0 Å². The zero-order valence-electron chi connectivity index (χ0n) is 46.4. The van der Waals surface area contributed by atoms with Gasteiger partial charge >= 0.3 is 6.03 Å². The molecule has 19 nitrogen and oxygen atoms in total. The second kappa shape index (κ2) is 40.7. The van der Waals surface area contributed by atoms with Crippen LogP contribution in [-0.4, -0.2) is 211 Å². The molecule has 2 aliphatic heterocycles. The number of unbranched alkanes of at least 4 members (excludes halogenated alkanes) is 1. The number of benzene rings is 2. The van der Waals surface area contributed by atoms with Gasteiger partial charge in [-0.3, -0.25) is 9.59 Å². The summed E-state index contributed by atoms with van der Waals surface area (Å²) in [5.74, 6) is 1.66. The second-order valence-electron chi connectivity index (χ2n) is 20.1. The molecule has 2 aromatic carbocycles. The predicted molar refractivity (Wildman–Crippen MR) is 300 cm³/mol. The van der Waals surface area contributed by atoms with E-state index in [1.165, 1.54) is 55.2 Å². The smallest absolute Gasteiger partial charge is 0.315 e. The molecule has 2 aliphatic carbocycles. The molecule has 20 heteroatoms. The van der Waals surface area contributed by atoms with E-state index in [0.29, 0.717) is 201 Å². The molecule has 4 aliphatic rings.